The van der Waals surface area contributed by atoms with E-state index in [0.717, 1.165) is 5.57 Å². The fourth-order valence-corrected chi connectivity index (χ4v) is 3.22. The third-order valence-corrected chi connectivity index (χ3v) is 4.69. The van der Waals surface area contributed by atoms with Gasteiger partial charge in [-0.2, -0.15) is 0 Å². The molecule has 2 heterocycles. The third kappa shape index (κ3) is 3.67. The third-order valence-electron chi connectivity index (χ3n) is 4.69. The number of carbonyl (C=O) groups is 2. The van der Waals surface area contributed by atoms with Crippen molar-refractivity contribution in [2.24, 2.45) is 0 Å². The summed E-state index contributed by atoms with van der Waals surface area (Å²) in [6.07, 6.45) is 6.38. The number of amides is 2. The summed E-state index contributed by atoms with van der Waals surface area (Å²) in [6.45, 7) is 10.9. The highest BCUT2D eigenvalue weighted by atomic mass is 16.3. The van der Waals surface area contributed by atoms with Crippen LogP contribution in [0.3, 0.4) is 0 Å². The molecule has 0 spiro atoms. The molecular formula is C20H28N4O4. The number of rotatable bonds is 7. The van der Waals surface area contributed by atoms with E-state index in [1.807, 2.05) is 27.7 Å². The van der Waals surface area contributed by atoms with Crippen LogP contribution in [0, 0.1) is 0 Å². The number of hydrogen-bond donors (Lipinski definition) is 1. The van der Waals surface area contributed by atoms with Crippen molar-refractivity contribution >= 4 is 17.9 Å². The van der Waals surface area contributed by atoms with Crippen LogP contribution in [0.2, 0.25) is 0 Å². The first-order valence-electron chi connectivity index (χ1n) is 9.55. The number of carbonyl (C=O) groups excluding carboxylic acids is 2. The zero-order valence-corrected chi connectivity index (χ0v) is 17.1. The predicted octanol–water partition coefficient (Wildman–Crippen LogP) is 1.91. The molecule has 1 saturated heterocycles. The van der Waals surface area contributed by atoms with Gasteiger partial charge in [0.05, 0.1) is 0 Å². The van der Waals surface area contributed by atoms with E-state index in [2.05, 4.69) is 0 Å². The topological polar surface area (TPSA) is 87.8 Å². The molecule has 1 aliphatic rings. The van der Waals surface area contributed by atoms with Crippen molar-refractivity contribution in [2.45, 2.75) is 47.7 Å². The van der Waals surface area contributed by atoms with E-state index in [-0.39, 0.29) is 34.4 Å². The molecule has 28 heavy (non-hydrogen) atoms. The van der Waals surface area contributed by atoms with Gasteiger partial charge in [0.25, 0.3) is 17.4 Å². The Balaban J connectivity index is 2.30. The van der Waals surface area contributed by atoms with Gasteiger partial charge in [-0.1, -0.05) is 17.7 Å². The van der Waals surface area contributed by atoms with Crippen LogP contribution in [0.1, 0.15) is 40.2 Å². The Morgan fingerprint density at radius 1 is 0.893 bits per heavy atom. The Morgan fingerprint density at radius 2 is 1.43 bits per heavy atom. The minimum atomic E-state index is -0.314. The second-order valence-corrected chi connectivity index (χ2v) is 6.34. The average Bonchev–Trinajstić information content (AvgIpc) is 3.06. The van der Waals surface area contributed by atoms with E-state index >= 15 is 0 Å². The highest BCUT2D eigenvalue weighted by Crippen LogP contribution is 2.20. The van der Waals surface area contributed by atoms with E-state index < -0.39 is 0 Å². The average molecular weight is 388 g/mol. The summed E-state index contributed by atoms with van der Waals surface area (Å²) in [5.41, 5.74) is 0.802. The summed E-state index contributed by atoms with van der Waals surface area (Å²) in [5.74, 6) is -0.702. The highest BCUT2D eigenvalue weighted by Gasteiger charge is 2.38. The van der Waals surface area contributed by atoms with Gasteiger partial charge in [0.15, 0.2) is 0 Å². The van der Waals surface area contributed by atoms with Gasteiger partial charge in [0.1, 0.15) is 11.1 Å². The Kier molecular flexibility index (Phi) is 6.66. The molecular weight excluding hydrogens is 360 g/mol. The summed E-state index contributed by atoms with van der Waals surface area (Å²) in [6, 6.07) is 0. The lowest BCUT2D eigenvalue weighted by Crippen LogP contribution is -2.40. The van der Waals surface area contributed by atoms with Crippen LogP contribution in [0.4, 0.5) is 0 Å². The molecule has 8 nitrogen and oxygen atoms in total. The number of hydrazine groups is 1. The molecule has 0 bridgehead atoms. The zero-order valence-electron chi connectivity index (χ0n) is 17.1. The van der Waals surface area contributed by atoms with E-state index in [1.165, 1.54) is 25.5 Å². The van der Waals surface area contributed by atoms with Crippen LogP contribution in [0.15, 0.2) is 34.2 Å². The fourth-order valence-electron chi connectivity index (χ4n) is 3.22. The molecule has 8 heteroatoms. The van der Waals surface area contributed by atoms with E-state index in [9.17, 15) is 19.5 Å². The maximum atomic E-state index is 12.4. The maximum absolute atomic E-state index is 12.4. The molecule has 1 N–H and O–H groups in total. The summed E-state index contributed by atoms with van der Waals surface area (Å²) < 4.78 is 3.00. The lowest BCUT2D eigenvalue weighted by Gasteiger charge is -2.24. The summed E-state index contributed by atoms with van der Waals surface area (Å²) in [7, 11) is 0. The smallest absolute Gasteiger partial charge is 0.278 e. The number of allylic oxidation sites excluding steroid dienone is 4. The van der Waals surface area contributed by atoms with Gasteiger partial charge >= 0.3 is 0 Å². The minimum absolute atomic E-state index is 0.0740. The Labute approximate surface area is 164 Å². The van der Waals surface area contributed by atoms with Gasteiger partial charge in [-0.15, -0.1) is 0 Å². The number of hydrogen-bond acceptors (Lipinski definition) is 4. The van der Waals surface area contributed by atoms with Crippen molar-refractivity contribution in [2.75, 3.05) is 13.1 Å². The summed E-state index contributed by atoms with van der Waals surface area (Å²) in [5, 5.41) is 13.1. The molecule has 152 valence electrons. The lowest BCUT2D eigenvalue weighted by molar-refractivity contribution is -0.145. The van der Waals surface area contributed by atoms with Gasteiger partial charge in [0.2, 0.25) is 5.88 Å². The molecule has 1 aliphatic heterocycles. The standard InChI is InChI=1S/C20H28N4O4/c1-6-21-17(25)15(18(26)22(21)7-2)12-10-14(5)11-13-16-19(27)23(8-3)24(9-4)20(16)28/h10-13,25H,6-9H2,1-5H3/b12-10+,14-11+. The quantitative estimate of drug-likeness (QED) is 0.439. The summed E-state index contributed by atoms with van der Waals surface area (Å²) >= 11 is 0. The van der Waals surface area contributed by atoms with Gasteiger partial charge in [-0.3, -0.25) is 19.1 Å². The van der Waals surface area contributed by atoms with Gasteiger partial charge in [0, 0.05) is 26.2 Å². The van der Waals surface area contributed by atoms with Crippen LogP contribution in [0.5, 0.6) is 5.88 Å². The molecule has 0 atom stereocenters. The number of nitrogens with zero attached hydrogens (tertiary/aromatic N) is 4. The second kappa shape index (κ2) is 8.77. The van der Waals surface area contributed by atoms with E-state index in [1.54, 1.807) is 25.2 Å². The van der Waals surface area contributed by atoms with Gasteiger partial charge in [-0.25, -0.2) is 14.7 Å². The largest absolute Gasteiger partial charge is 0.493 e. The molecule has 1 fully saturated rings. The van der Waals surface area contributed by atoms with Crippen LogP contribution >= 0.6 is 0 Å². The van der Waals surface area contributed by atoms with Crippen molar-refractivity contribution in [1.29, 1.82) is 0 Å². The van der Waals surface area contributed by atoms with Crippen LogP contribution < -0.4 is 5.56 Å². The molecule has 2 amide bonds. The van der Waals surface area contributed by atoms with Crippen molar-refractivity contribution in [3.63, 3.8) is 0 Å². The lowest BCUT2D eigenvalue weighted by atomic mass is 10.1. The predicted molar refractivity (Wildman–Crippen MR) is 107 cm³/mol. The first kappa shape index (κ1) is 21.3. The van der Waals surface area contributed by atoms with Crippen molar-refractivity contribution in [3.05, 3.63) is 45.3 Å². The van der Waals surface area contributed by atoms with Gasteiger partial charge < -0.3 is 5.11 Å². The number of likely N-dealkylation sites (N-methyl/N-ethyl adjacent to an activating group) is 2. The molecule has 1 aromatic rings. The Hall–Kier alpha value is -3.03. The van der Waals surface area contributed by atoms with E-state index in [0.29, 0.717) is 26.2 Å². The van der Waals surface area contributed by atoms with Crippen molar-refractivity contribution in [1.82, 2.24) is 19.4 Å². The molecule has 0 aliphatic carbocycles. The zero-order chi connectivity index (χ0) is 21.0. The second-order valence-electron chi connectivity index (χ2n) is 6.34. The first-order chi connectivity index (χ1) is 13.3. The SMILES string of the molecule is CCN1C(=O)C(=C/C=C(C)/C=C/c2c(O)n(CC)n(CC)c2=O)C(=O)N1CC. The highest BCUT2D eigenvalue weighted by molar-refractivity contribution is 6.22. The van der Waals surface area contributed by atoms with Crippen molar-refractivity contribution in [3.8, 4) is 5.88 Å². The number of aromatic nitrogens is 2. The molecule has 0 radical (unpaired) electrons. The Bertz CT molecular complexity index is 893. The minimum Gasteiger partial charge on any atom is -0.493 e. The van der Waals surface area contributed by atoms with Gasteiger partial charge in [-0.05, 0) is 46.8 Å². The molecule has 0 unspecified atom stereocenters. The van der Waals surface area contributed by atoms with Crippen molar-refractivity contribution < 1.29 is 14.7 Å². The monoisotopic (exact) mass is 388 g/mol. The molecule has 0 aromatic carbocycles. The van der Waals surface area contributed by atoms with E-state index in [4.69, 9.17) is 0 Å². The normalized spacial score (nSPS) is 15.5. The van der Waals surface area contributed by atoms with Crippen LogP contribution in [0.25, 0.3) is 6.08 Å². The fraction of sp³-hybridized carbons (Fsp3) is 0.450. The van der Waals surface area contributed by atoms with Crippen LogP contribution in [-0.4, -0.2) is 49.4 Å². The summed E-state index contributed by atoms with van der Waals surface area (Å²) in [4.78, 5) is 37.1. The number of aromatic hydroxyl groups is 1. The molecule has 1 aromatic heterocycles. The molecule has 2 rings (SSSR count). The first-order valence-corrected chi connectivity index (χ1v) is 9.55. The maximum Gasteiger partial charge on any atom is 0.278 e. The molecule has 0 saturated carbocycles. The Morgan fingerprint density at radius 3 is 1.86 bits per heavy atom. The van der Waals surface area contributed by atoms with Crippen LogP contribution in [-0.2, 0) is 22.7 Å².